The minimum atomic E-state index is -0.416. The number of nitrogens with zero attached hydrogens (tertiary/aromatic N) is 1. The molecule has 0 aromatic carbocycles. The van der Waals surface area contributed by atoms with E-state index in [0.717, 1.165) is 12.0 Å². The molecule has 0 aliphatic rings. The Bertz CT molecular complexity index is 237. The molecule has 0 aliphatic heterocycles. The summed E-state index contributed by atoms with van der Waals surface area (Å²) in [5.41, 5.74) is 0.939. The fraction of sp³-hybridized carbons (Fsp3) is 0.583. The molecule has 0 rings (SSSR count). The molecule has 78 valence electrons. The number of hydrogen-bond donors (Lipinski definition) is 1. The second-order valence-corrected chi connectivity index (χ2v) is 3.81. The third-order valence-electron chi connectivity index (χ3n) is 2.00. The lowest BCUT2D eigenvalue weighted by atomic mass is 9.98. The molecule has 0 saturated heterocycles. The standard InChI is InChI=1S/C12H19NO/c1-10(2)6-7-12(14)9-11(3)5-4-8-13/h6-7,11-12,14H,1,4-5,9H2,2-3H3/b7-6+/t11-,12+/m0/s1. The van der Waals surface area contributed by atoms with Gasteiger partial charge in [-0.1, -0.05) is 31.2 Å². The molecule has 2 heteroatoms. The Labute approximate surface area is 86.6 Å². The van der Waals surface area contributed by atoms with Gasteiger partial charge in [0, 0.05) is 6.42 Å². The van der Waals surface area contributed by atoms with Crippen LogP contribution in [0.3, 0.4) is 0 Å². The highest BCUT2D eigenvalue weighted by Crippen LogP contribution is 2.13. The summed E-state index contributed by atoms with van der Waals surface area (Å²) in [5, 5.41) is 17.9. The molecule has 0 aromatic heterocycles. The lowest BCUT2D eigenvalue weighted by Crippen LogP contribution is -2.08. The summed E-state index contributed by atoms with van der Waals surface area (Å²) in [6.45, 7) is 7.66. The molecule has 14 heavy (non-hydrogen) atoms. The first-order chi connectivity index (χ1) is 6.56. The largest absolute Gasteiger partial charge is 0.389 e. The van der Waals surface area contributed by atoms with Gasteiger partial charge in [-0.3, -0.25) is 0 Å². The van der Waals surface area contributed by atoms with Gasteiger partial charge >= 0.3 is 0 Å². The fourth-order valence-electron chi connectivity index (χ4n) is 1.19. The van der Waals surface area contributed by atoms with Gasteiger partial charge in [-0.15, -0.1) is 0 Å². The van der Waals surface area contributed by atoms with Gasteiger partial charge in [-0.25, -0.2) is 0 Å². The Hall–Kier alpha value is -1.07. The van der Waals surface area contributed by atoms with Gasteiger partial charge in [0.25, 0.3) is 0 Å². The van der Waals surface area contributed by atoms with Crippen molar-refractivity contribution >= 4 is 0 Å². The van der Waals surface area contributed by atoms with Crippen molar-refractivity contribution in [2.45, 2.75) is 39.2 Å². The van der Waals surface area contributed by atoms with Crippen molar-refractivity contribution in [2.24, 2.45) is 5.92 Å². The van der Waals surface area contributed by atoms with Crippen molar-refractivity contribution in [3.8, 4) is 6.07 Å². The highest BCUT2D eigenvalue weighted by molar-refractivity contribution is 5.12. The molecule has 0 amide bonds. The average Bonchev–Trinajstić information content (AvgIpc) is 2.11. The smallest absolute Gasteiger partial charge is 0.0726 e. The monoisotopic (exact) mass is 193 g/mol. The van der Waals surface area contributed by atoms with Crippen LogP contribution in [0.25, 0.3) is 0 Å². The number of rotatable bonds is 6. The number of aliphatic hydroxyl groups excluding tert-OH is 1. The molecule has 0 heterocycles. The third-order valence-corrected chi connectivity index (χ3v) is 2.00. The van der Waals surface area contributed by atoms with Crippen LogP contribution >= 0.6 is 0 Å². The first kappa shape index (κ1) is 12.9. The summed E-state index contributed by atoms with van der Waals surface area (Å²) in [5.74, 6) is 0.388. The summed E-state index contributed by atoms with van der Waals surface area (Å²) in [6, 6.07) is 2.11. The summed E-state index contributed by atoms with van der Waals surface area (Å²) >= 11 is 0. The number of nitriles is 1. The van der Waals surface area contributed by atoms with E-state index in [1.807, 2.05) is 13.0 Å². The van der Waals surface area contributed by atoms with Gasteiger partial charge in [0.15, 0.2) is 0 Å². The first-order valence-corrected chi connectivity index (χ1v) is 4.95. The quantitative estimate of drug-likeness (QED) is 0.659. The molecule has 0 radical (unpaired) electrons. The van der Waals surface area contributed by atoms with E-state index >= 15 is 0 Å². The van der Waals surface area contributed by atoms with Gasteiger partial charge in [0.1, 0.15) is 0 Å². The van der Waals surface area contributed by atoms with Crippen molar-refractivity contribution < 1.29 is 5.11 Å². The summed E-state index contributed by atoms with van der Waals surface area (Å²) in [6.07, 6.45) is 5.30. The molecular formula is C12H19NO. The van der Waals surface area contributed by atoms with E-state index in [9.17, 15) is 5.11 Å². The van der Waals surface area contributed by atoms with Crippen LogP contribution in [-0.2, 0) is 0 Å². The SMILES string of the molecule is C=C(C)/C=C/[C@@H](O)C[C@@H](C)CCC#N. The minimum Gasteiger partial charge on any atom is -0.389 e. The number of allylic oxidation sites excluding steroid dienone is 2. The van der Waals surface area contributed by atoms with E-state index in [4.69, 9.17) is 5.26 Å². The van der Waals surface area contributed by atoms with Crippen LogP contribution in [0.2, 0.25) is 0 Å². The normalized spacial score (nSPS) is 15.0. The molecule has 0 spiro atoms. The van der Waals surface area contributed by atoms with E-state index in [0.29, 0.717) is 18.8 Å². The van der Waals surface area contributed by atoms with E-state index < -0.39 is 6.10 Å². The maximum absolute atomic E-state index is 9.56. The molecule has 0 aromatic rings. The maximum Gasteiger partial charge on any atom is 0.0726 e. The molecule has 2 atom stereocenters. The predicted octanol–water partition coefficient (Wildman–Crippen LogP) is 2.81. The molecule has 1 N–H and O–H groups in total. The van der Waals surface area contributed by atoms with E-state index in [2.05, 4.69) is 19.6 Å². The summed E-state index contributed by atoms with van der Waals surface area (Å²) in [7, 11) is 0. The molecule has 0 saturated carbocycles. The van der Waals surface area contributed by atoms with Crippen LogP contribution in [0, 0.1) is 17.2 Å². The van der Waals surface area contributed by atoms with Gasteiger partial charge in [0.2, 0.25) is 0 Å². The summed E-state index contributed by atoms with van der Waals surface area (Å²) < 4.78 is 0. The topological polar surface area (TPSA) is 44.0 Å². The fourth-order valence-corrected chi connectivity index (χ4v) is 1.19. The van der Waals surface area contributed by atoms with Crippen LogP contribution < -0.4 is 0 Å². The molecule has 0 bridgehead atoms. The Morgan fingerprint density at radius 2 is 2.29 bits per heavy atom. The average molecular weight is 193 g/mol. The Morgan fingerprint density at radius 3 is 2.79 bits per heavy atom. The van der Waals surface area contributed by atoms with Crippen molar-refractivity contribution in [2.75, 3.05) is 0 Å². The van der Waals surface area contributed by atoms with Crippen LogP contribution in [-0.4, -0.2) is 11.2 Å². The number of hydrogen-bond acceptors (Lipinski definition) is 2. The summed E-state index contributed by atoms with van der Waals surface area (Å²) in [4.78, 5) is 0. The van der Waals surface area contributed by atoms with Crippen molar-refractivity contribution in [3.05, 3.63) is 24.3 Å². The third kappa shape index (κ3) is 7.57. The number of aliphatic hydroxyl groups is 1. The predicted molar refractivity (Wildman–Crippen MR) is 58.6 cm³/mol. The van der Waals surface area contributed by atoms with Gasteiger partial charge in [-0.2, -0.15) is 5.26 Å². The Morgan fingerprint density at radius 1 is 1.64 bits per heavy atom. The van der Waals surface area contributed by atoms with Gasteiger partial charge in [0.05, 0.1) is 12.2 Å². The van der Waals surface area contributed by atoms with Crippen molar-refractivity contribution in [3.63, 3.8) is 0 Å². The van der Waals surface area contributed by atoms with Crippen molar-refractivity contribution in [1.29, 1.82) is 5.26 Å². The zero-order chi connectivity index (χ0) is 11.0. The van der Waals surface area contributed by atoms with Gasteiger partial charge < -0.3 is 5.11 Å². The van der Waals surface area contributed by atoms with Crippen LogP contribution in [0.4, 0.5) is 0 Å². The van der Waals surface area contributed by atoms with Crippen LogP contribution in [0.15, 0.2) is 24.3 Å². The molecule has 0 aliphatic carbocycles. The lowest BCUT2D eigenvalue weighted by Gasteiger charge is -2.11. The molecule has 2 nitrogen and oxygen atoms in total. The highest BCUT2D eigenvalue weighted by Gasteiger charge is 2.06. The van der Waals surface area contributed by atoms with Crippen LogP contribution in [0.1, 0.15) is 33.1 Å². The molecule has 0 unspecified atom stereocenters. The molecular weight excluding hydrogens is 174 g/mol. The van der Waals surface area contributed by atoms with Gasteiger partial charge in [-0.05, 0) is 25.7 Å². The van der Waals surface area contributed by atoms with Crippen molar-refractivity contribution in [1.82, 2.24) is 0 Å². The molecule has 0 fully saturated rings. The van der Waals surface area contributed by atoms with E-state index in [1.165, 1.54) is 0 Å². The zero-order valence-electron chi connectivity index (χ0n) is 9.03. The highest BCUT2D eigenvalue weighted by atomic mass is 16.3. The second kappa shape index (κ2) is 7.34. The van der Waals surface area contributed by atoms with E-state index in [1.54, 1.807) is 6.08 Å². The van der Waals surface area contributed by atoms with Crippen LogP contribution in [0.5, 0.6) is 0 Å². The Balaban J connectivity index is 3.76. The zero-order valence-corrected chi connectivity index (χ0v) is 9.03. The Kier molecular flexibility index (Phi) is 6.78. The minimum absolute atomic E-state index is 0.388. The second-order valence-electron chi connectivity index (χ2n) is 3.81. The lowest BCUT2D eigenvalue weighted by molar-refractivity contribution is 0.188. The first-order valence-electron chi connectivity index (χ1n) is 4.95. The maximum atomic E-state index is 9.56. The van der Waals surface area contributed by atoms with E-state index in [-0.39, 0.29) is 0 Å².